The van der Waals surface area contributed by atoms with Crippen molar-refractivity contribution in [2.24, 2.45) is 0 Å². The number of benzene rings is 1. The molecule has 0 saturated heterocycles. The fourth-order valence-corrected chi connectivity index (χ4v) is 2.53. The minimum atomic E-state index is -0.135. The Morgan fingerprint density at radius 3 is 3.12 bits per heavy atom. The van der Waals surface area contributed by atoms with Gasteiger partial charge in [0, 0.05) is 18.1 Å². The molecule has 1 aromatic heterocycles. The molecule has 1 aromatic carbocycles. The smallest absolute Gasteiger partial charge is 0.226 e. The van der Waals surface area contributed by atoms with E-state index < -0.39 is 0 Å². The normalized spacial score (nSPS) is 10.7. The molecular formula is C11H11ClN2O2S. The van der Waals surface area contributed by atoms with Crippen molar-refractivity contribution in [3.8, 4) is 0 Å². The lowest BCUT2D eigenvalue weighted by molar-refractivity contribution is -0.116. The minimum Gasteiger partial charge on any atom is -0.396 e. The molecule has 2 N–H and O–H groups in total. The Bertz CT molecular complexity index is 541. The fourth-order valence-electron chi connectivity index (χ4n) is 1.37. The van der Waals surface area contributed by atoms with Crippen LogP contribution < -0.4 is 5.32 Å². The van der Waals surface area contributed by atoms with Crippen LogP contribution in [0.3, 0.4) is 0 Å². The van der Waals surface area contributed by atoms with Crippen molar-refractivity contribution in [2.75, 3.05) is 11.9 Å². The molecule has 0 aliphatic heterocycles. The van der Waals surface area contributed by atoms with Crippen LogP contribution in [0.15, 0.2) is 18.2 Å². The van der Waals surface area contributed by atoms with Crippen molar-refractivity contribution in [1.29, 1.82) is 0 Å². The summed E-state index contributed by atoms with van der Waals surface area (Å²) in [5.41, 5.74) is 0.817. The van der Waals surface area contributed by atoms with Gasteiger partial charge >= 0.3 is 0 Å². The zero-order chi connectivity index (χ0) is 12.3. The molecule has 2 rings (SSSR count). The lowest BCUT2D eigenvalue weighted by atomic mass is 10.3. The molecule has 4 nitrogen and oxygen atoms in total. The second-order valence-electron chi connectivity index (χ2n) is 3.51. The number of aliphatic hydroxyl groups is 1. The lowest BCUT2D eigenvalue weighted by Crippen LogP contribution is -2.11. The number of hydrogen-bond donors (Lipinski definition) is 2. The third kappa shape index (κ3) is 3.15. The van der Waals surface area contributed by atoms with E-state index in [0.717, 1.165) is 10.2 Å². The maximum atomic E-state index is 11.4. The van der Waals surface area contributed by atoms with Crippen LogP contribution >= 0.6 is 22.9 Å². The summed E-state index contributed by atoms with van der Waals surface area (Å²) in [7, 11) is 0. The summed E-state index contributed by atoms with van der Waals surface area (Å²) in [5.74, 6) is -0.135. The van der Waals surface area contributed by atoms with E-state index in [2.05, 4.69) is 10.3 Å². The summed E-state index contributed by atoms with van der Waals surface area (Å²) >= 11 is 7.25. The Hall–Kier alpha value is -1.17. The van der Waals surface area contributed by atoms with E-state index in [9.17, 15) is 4.79 Å². The molecule has 6 heteroatoms. The van der Waals surface area contributed by atoms with Gasteiger partial charge in [0.1, 0.15) is 0 Å². The SMILES string of the molecule is O=C(CCCO)Nc1nc2ccc(Cl)cc2s1. The van der Waals surface area contributed by atoms with Gasteiger partial charge in [0.25, 0.3) is 0 Å². The van der Waals surface area contributed by atoms with E-state index in [1.807, 2.05) is 12.1 Å². The fraction of sp³-hybridized carbons (Fsp3) is 0.273. The third-order valence-corrected chi connectivity index (χ3v) is 3.33. The topological polar surface area (TPSA) is 62.2 Å². The van der Waals surface area contributed by atoms with Crippen molar-refractivity contribution >= 4 is 44.2 Å². The third-order valence-electron chi connectivity index (χ3n) is 2.16. The Labute approximate surface area is 107 Å². The maximum Gasteiger partial charge on any atom is 0.226 e. The van der Waals surface area contributed by atoms with Gasteiger partial charge in [-0.2, -0.15) is 0 Å². The zero-order valence-electron chi connectivity index (χ0n) is 8.94. The Morgan fingerprint density at radius 1 is 1.53 bits per heavy atom. The number of amides is 1. The second kappa shape index (κ2) is 5.44. The average Bonchev–Trinajstić information content (AvgIpc) is 2.67. The van der Waals surface area contributed by atoms with E-state index in [-0.39, 0.29) is 12.5 Å². The van der Waals surface area contributed by atoms with Crippen LogP contribution in [0.25, 0.3) is 10.2 Å². The summed E-state index contributed by atoms with van der Waals surface area (Å²) in [6.45, 7) is 0.0167. The maximum absolute atomic E-state index is 11.4. The summed E-state index contributed by atoms with van der Waals surface area (Å²) < 4.78 is 0.940. The van der Waals surface area contributed by atoms with Gasteiger partial charge in [-0.05, 0) is 24.6 Å². The first-order chi connectivity index (χ1) is 8.19. The Balaban J connectivity index is 2.11. The number of carbonyl (C=O) groups excluding carboxylic acids is 1. The molecule has 0 saturated carbocycles. The molecule has 1 amide bonds. The van der Waals surface area contributed by atoms with Gasteiger partial charge in [-0.15, -0.1) is 0 Å². The van der Waals surface area contributed by atoms with Crippen molar-refractivity contribution in [3.05, 3.63) is 23.2 Å². The van der Waals surface area contributed by atoms with E-state index in [0.29, 0.717) is 23.0 Å². The molecule has 0 atom stereocenters. The Kier molecular flexibility index (Phi) is 3.93. The molecule has 0 radical (unpaired) electrons. The second-order valence-corrected chi connectivity index (χ2v) is 4.97. The first-order valence-corrected chi connectivity index (χ1v) is 6.35. The van der Waals surface area contributed by atoms with Crippen LogP contribution in [0.1, 0.15) is 12.8 Å². The van der Waals surface area contributed by atoms with Crippen LogP contribution in [0.2, 0.25) is 5.02 Å². The molecule has 0 aliphatic rings. The number of carbonyl (C=O) groups is 1. The van der Waals surface area contributed by atoms with Crippen molar-refractivity contribution in [1.82, 2.24) is 4.98 Å². The van der Waals surface area contributed by atoms with Crippen LogP contribution in [0.5, 0.6) is 0 Å². The van der Waals surface area contributed by atoms with Crippen LogP contribution in [-0.4, -0.2) is 22.6 Å². The van der Waals surface area contributed by atoms with E-state index in [4.69, 9.17) is 16.7 Å². The number of nitrogens with one attached hydrogen (secondary N) is 1. The Morgan fingerprint density at radius 2 is 2.35 bits per heavy atom. The van der Waals surface area contributed by atoms with Gasteiger partial charge in [0.05, 0.1) is 10.2 Å². The van der Waals surface area contributed by atoms with E-state index in [1.165, 1.54) is 11.3 Å². The van der Waals surface area contributed by atoms with Crippen molar-refractivity contribution in [2.45, 2.75) is 12.8 Å². The number of hydrogen-bond acceptors (Lipinski definition) is 4. The number of aromatic nitrogens is 1. The van der Waals surface area contributed by atoms with Gasteiger partial charge in [0.2, 0.25) is 5.91 Å². The highest BCUT2D eigenvalue weighted by atomic mass is 35.5. The molecule has 0 aliphatic carbocycles. The van der Waals surface area contributed by atoms with Crippen LogP contribution in [0, 0.1) is 0 Å². The molecule has 0 bridgehead atoms. The molecule has 1 heterocycles. The van der Waals surface area contributed by atoms with Gasteiger partial charge in [-0.25, -0.2) is 4.98 Å². The van der Waals surface area contributed by atoms with Gasteiger partial charge < -0.3 is 10.4 Å². The molecule has 2 aromatic rings. The molecule has 0 unspecified atom stereocenters. The van der Waals surface area contributed by atoms with Crippen LogP contribution in [-0.2, 0) is 4.79 Å². The zero-order valence-corrected chi connectivity index (χ0v) is 10.5. The molecule has 0 fully saturated rings. The quantitative estimate of drug-likeness (QED) is 0.898. The highest BCUT2D eigenvalue weighted by molar-refractivity contribution is 7.22. The monoisotopic (exact) mass is 270 g/mol. The lowest BCUT2D eigenvalue weighted by Gasteiger charge is -1.98. The van der Waals surface area contributed by atoms with Crippen molar-refractivity contribution < 1.29 is 9.90 Å². The van der Waals surface area contributed by atoms with Crippen LogP contribution in [0.4, 0.5) is 5.13 Å². The predicted octanol–water partition coefficient (Wildman–Crippen LogP) is 2.66. The average molecular weight is 271 g/mol. The number of thiazole rings is 1. The van der Waals surface area contributed by atoms with Gasteiger partial charge in [-0.1, -0.05) is 22.9 Å². The highest BCUT2D eigenvalue weighted by Gasteiger charge is 2.07. The first kappa shape index (κ1) is 12.3. The minimum absolute atomic E-state index is 0.0167. The molecule has 90 valence electrons. The number of nitrogens with zero attached hydrogens (tertiary/aromatic N) is 1. The van der Waals surface area contributed by atoms with E-state index in [1.54, 1.807) is 6.07 Å². The summed E-state index contributed by atoms with van der Waals surface area (Å²) in [5, 5.41) is 12.5. The number of fused-ring (bicyclic) bond motifs is 1. The molecular weight excluding hydrogens is 260 g/mol. The highest BCUT2D eigenvalue weighted by Crippen LogP contribution is 2.28. The molecule has 0 spiro atoms. The number of halogens is 1. The summed E-state index contributed by atoms with van der Waals surface area (Å²) in [6, 6.07) is 5.40. The number of rotatable bonds is 4. The summed E-state index contributed by atoms with van der Waals surface area (Å²) in [4.78, 5) is 15.7. The van der Waals surface area contributed by atoms with Crippen molar-refractivity contribution in [3.63, 3.8) is 0 Å². The number of anilines is 1. The standard InChI is InChI=1S/C11H11ClN2O2S/c12-7-3-4-8-9(6-7)17-11(13-8)14-10(16)2-1-5-15/h3-4,6,15H,1-2,5H2,(H,13,14,16). The molecule has 17 heavy (non-hydrogen) atoms. The number of aliphatic hydroxyl groups excluding tert-OH is 1. The van der Waals surface area contributed by atoms with Gasteiger partial charge in [0.15, 0.2) is 5.13 Å². The van der Waals surface area contributed by atoms with E-state index >= 15 is 0 Å². The first-order valence-electron chi connectivity index (χ1n) is 5.16. The van der Waals surface area contributed by atoms with Gasteiger partial charge in [-0.3, -0.25) is 4.79 Å². The largest absolute Gasteiger partial charge is 0.396 e. The predicted molar refractivity (Wildman–Crippen MR) is 69.6 cm³/mol. The summed E-state index contributed by atoms with van der Waals surface area (Å²) in [6.07, 6.45) is 0.760.